The number of nitrogens with one attached hydrogen (secondary N) is 3. The van der Waals surface area contributed by atoms with E-state index < -0.39 is 0 Å². The van der Waals surface area contributed by atoms with E-state index in [9.17, 15) is 4.79 Å². The topological polar surface area (TPSA) is 65.5 Å². The van der Waals surface area contributed by atoms with E-state index >= 15 is 0 Å². The number of carbonyl (C=O) groups is 1. The zero-order valence-electron chi connectivity index (χ0n) is 15.7. The van der Waals surface area contributed by atoms with Crippen molar-refractivity contribution in [2.45, 2.75) is 26.9 Å². The molecule has 0 heterocycles. The minimum atomic E-state index is -0.0783. The number of hydrogen-bond acceptors (Lipinski definition) is 2. The maximum absolute atomic E-state index is 11.5. The normalized spacial score (nSPS) is 10.7. The van der Waals surface area contributed by atoms with Crippen LogP contribution in [0.1, 0.15) is 32.6 Å². The Morgan fingerprint density at radius 2 is 1.65 bits per heavy atom. The van der Waals surface area contributed by atoms with Gasteiger partial charge in [0.2, 0.25) is 0 Å². The molecule has 0 atom stereocenters. The van der Waals surface area contributed by atoms with E-state index in [4.69, 9.17) is 0 Å². The van der Waals surface area contributed by atoms with Gasteiger partial charge in [-0.25, -0.2) is 0 Å². The third-order valence-electron chi connectivity index (χ3n) is 4.07. The van der Waals surface area contributed by atoms with Crippen molar-refractivity contribution in [2.24, 2.45) is 4.99 Å². The summed E-state index contributed by atoms with van der Waals surface area (Å²) in [6.07, 6.45) is 0. The first-order chi connectivity index (χ1) is 12.0. The van der Waals surface area contributed by atoms with Crippen molar-refractivity contribution in [2.75, 3.05) is 14.1 Å². The number of aryl methyl sites for hydroxylation is 2. The molecule has 0 aliphatic carbocycles. The molecule has 0 saturated heterocycles. The molecule has 2 rings (SSSR count). The number of guanidine groups is 1. The van der Waals surface area contributed by atoms with Crippen molar-refractivity contribution in [3.05, 3.63) is 70.3 Å². The lowest BCUT2D eigenvalue weighted by atomic mass is 10.1. The molecule has 0 spiro atoms. The minimum absolute atomic E-state index is 0. The molecule has 6 heteroatoms. The number of hydrogen-bond donors (Lipinski definition) is 3. The molecule has 0 radical (unpaired) electrons. The van der Waals surface area contributed by atoms with Crippen LogP contribution in [-0.2, 0) is 13.1 Å². The van der Waals surface area contributed by atoms with Crippen molar-refractivity contribution in [1.29, 1.82) is 0 Å². The van der Waals surface area contributed by atoms with E-state index in [0.29, 0.717) is 12.1 Å². The zero-order valence-corrected chi connectivity index (χ0v) is 18.0. The van der Waals surface area contributed by atoms with Crippen LogP contribution >= 0.6 is 24.0 Å². The lowest BCUT2D eigenvalue weighted by molar-refractivity contribution is 0.0963. The smallest absolute Gasteiger partial charge is 0.251 e. The van der Waals surface area contributed by atoms with E-state index in [1.54, 1.807) is 14.1 Å². The van der Waals surface area contributed by atoms with Crippen molar-refractivity contribution in [3.63, 3.8) is 0 Å². The van der Waals surface area contributed by atoms with Gasteiger partial charge in [-0.3, -0.25) is 9.79 Å². The summed E-state index contributed by atoms with van der Waals surface area (Å²) >= 11 is 0. The maximum atomic E-state index is 11.5. The average Bonchev–Trinajstić information content (AvgIpc) is 2.63. The first-order valence-corrected chi connectivity index (χ1v) is 8.35. The van der Waals surface area contributed by atoms with Gasteiger partial charge in [0.05, 0.1) is 0 Å². The molecule has 26 heavy (non-hydrogen) atoms. The molecule has 140 valence electrons. The quantitative estimate of drug-likeness (QED) is 0.361. The van der Waals surface area contributed by atoms with Gasteiger partial charge < -0.3 is 16.0 Å². The van der Waals surface area contributed by atoms with Crippen LogP contribution < -0.4 is 16.0 Å². The lowest BCUT2D eigenvalue weighted by Crippen LogP contribution is -2.36. The zero-order chi connectivity index (χ0) is 18.2. The van der Waals surface area contributed by atoms with E-state index in [2.05, 4.69) is 53.0 Å². The van der Waals surface area contributed by atoms with Crippen molar-refractivity contribution in [1.82, 2.24) is 16.0 Å². The van der Waals surface area contributed by atoms with Gasteiger partial charge in [-0.1, -0.05) is 35.9 Å². The third kappa shape index (κ3) is 6.33. The van der Waals surface area contributed by atoms with Gasteiger partial charge in [-0.05, 0) is 42.7 Å². The fourth-order valence-electron chi connectivity index (χ4n) is 2.55. The second-order valence-corrected chi connectivity index (χ2v) is 5.99. The van der Waals surface area contributed by atoms with Crippen LogP contribution in [0.4, 0.5) is 0 Å². The molecular formula is C20H27IN4O. The Kier molecular flexibility index (Phi) is 9.12. The summed E-state index contributed by atoms with van der Waals surface area (Å²) in [4.78, 5) is 15.8. The van der Waals surface area contributed by atoms with Crippen molar-refractivity contribution < 1.29 is 4.79 Å². The van der Waals surface area contributed by atoms with E-state index in [1.807, 2.05) is 24.3 Å². The Bertz CT molecular complexity index is 757. The van der Waals surface area contributed by atoms with Gasteiger partial charge in [0.15, 0.2) is 5.96 Å². The van der Waals surface area contributed by atoms with Crippen LogP contribution in [0.5, 0.6) is 0 Å². The molecule has 0 unspecified atom stereocenters. The molecular weight excluding hydrogens is 439 g/mol. The van der Waals surface area contributed by atoms with E-state index in [0.717, 1.165) is 18.1 Å². The van der Waals surface area contributed by atoms with Crippen LogP contribution in [0.2, 0.25) is 0 Å². The molecule has 2 aromatic rings. The molecule has 0 aliphatic heterocycles. The third-order valence-corrected chi connectivity index (χ3v) is 4.07. The number of aliphatic imine (C=N–C) groups is 1. The van der Waals surface area contributed by atoms with Gasteiger partial charge in [0.25, 0.3) is 5.91 Å². The van der Waals surface area contributed by atoms with Crippen LogP contribution in [0.25, 0.3) is 0 Å². The highest BCUT2D eigenvalue weighted by Crippen LogP contribution is 2.10. The summed E-state index contributed by atoms with van der Waals surface area (Å²) in [5.74, 6) is 0.667. The maximum Gasteiger partial charge on any atom is 0.251 e. The highest BCUT2D eigenvalue weighted by molar-refractivity contribution is 14.0. The monoisotopic (exact) mass is 466 g/mol. The molecule has 0 aliphatic rings. The Morgan fingerprint density at radius 3 is 2.23 bits per heavy atom. The van der Waals surface area contributed by atoms with E-state index in [-0.39, 0.29) is 29.9 Å². The van der Waals surface area contributed by atoms with E-state index in [1.165, 1.54) is 16.7 Å². The standard InChI is InChI=1S/C20H26N4O.HI/c1-14-5-8-18(15(2)11-14)13-24-20(22-4)23-12-16-6-9-17(10-7-16)19(25)21-3;/h5-11H,12-13H2,1-4H3,(H,21,25)(H2,22,23,24);1H. The predicted octanol–water partition coefficient (Wildman–Crippen LogP) is 3.15. The fraction of sp³-hybridized carbons (Fsp3) is 0.300. The van der Waals surface area contributed by atoms with Crippen molar-refractivity contribution in [3.8, 4) is 0 Å². The SMILES string of the molecule is CN=C(NCc1ccc(C(=O)NC)cc1)NCc1ccc(C)cc1C.I. The van der Waals surface area contributed by atoms with Gasteiger partial charge in [0.1, 0.15) is 0 Å². The number of halogens is 1. The molecule has 3 N–H and O–H groups in total. The Morgan fingerprint density at radius 1 is 1.00 bits per heavy atom. The Hall–Kier alpha value is -2.09. The number of benzene rings is 2. The summed E-state index contributed by atoms with van der Waals surface area (Å²) in [5, 5.41) is 9.23. The summed E-state index contributed by atoms with van der Waals surface area (Å²) in [6, 6.07) is 14.0. The highest BCUT2D eigenvalue weighted by Gasteiger charge is 2.04. The Balaban J connectivity index is 0.00000338. The number of carbonyl (C=O) groups excluding carboxylic acids is 1. The molecule has 0 fully saturated rings. The minimum Gasteiger partial charge on any atom is -0.355 e. The summed E-state index contributed by atoms with van der Waals surface area (Å²) in [7, 11) is 3.38. The molecule has 0 aromatic heterocycles. The number of nitrogens with zero attached hydrogens (tertiary/aromatic N) is 1. The molecule has 5 nitrogen and oxygen atoms in total. The second-order valence-electron chi connectivity index (χ2n) is 5.99. The Labute approximate surface area is 172 Å². The largest absolute Gasteiger partial charge is 0.355 e. The van der Waals surface area contributed by atoms with Gasteiger partial charge in [-0.2, -0.15) is 0 Å². The van der Waals surface area contributed by atoms with Crippen LogP contribution in [-0.4, -0.2) is 26.0 Å². The fourth-order valence-corrected chi connectivity index (χ4v) is 2.55. The van der Waals surface area contributed by atoms with Crippen LogP contribution in [0.15, 0.2) is 47.5 Å². The van der Waals surface area contributed by atoms with Crippen LogP contribution in [0.3, 0.4) is 0 Å². The lowest BCUT2D eigenvalue weighted by Gasteiger charge is -2.14. The summed E-state index contributed by atoms with van der Waals surface area (Å²) in [6.45, 7) is 5.58. The predicted molar refractivity (Wildman–Crippen MR) is 118 cm³/mol. The first-order valence-electron chi connectivity index (χ1n) is 8.35. The van der Waals surface area contributed by atoms with Gasteiger partial charge >= 0.3 is 0 Å². The highest BCUT2D eigenvalue weighted by atomic mass is 127. The molecule has 0 saturated carbocycles. The molecule has 2 aromatic carbocycles. The van der Waals surface area contributed by atoms with Gasteiger partial charge in [0, 0.05) is 32.7 Å². The molecule has 0 bridgehead atoms. The number of amides is 1. The van der Waals surface area contributed by atoms with Crippen LogP contribution in [0, 0.1) is 13.8 Å². The second kappa shape index (κ2) is 10.8. The average molecular weight is 466 g/mol. The van der Waals surface area contributed by atoms with Crippen molar-refractivity contribution >= 4 is 35.8 Å². The van der Waals surface area contributed by atoms with Gasteiger partial charge in [-0.15, -0.1) is 24.0 Å². The summed E-state index contributed by atoms with van der Waals surface area (Å²) in [5.41, 5.74) is 5.53. The molecule has 1 amide bonds. The summed E-state index contributed by atoms with van der Waals surface area (Å²) < 4.78 is 0. The first kappa shape index (κ1) is 22.0. The number of rotatable bonds is 5.